The number of hydrogen-bond donors (Lipinski definition) is 2. The van der Waals surface area contributed by atoms with Crippen LogP contribution in [-0.2, 0) is 16.0 Å². The van der Waals surface area contributed by atoms with E-state index in [0.29, 0.717) is 41.0 Å². The van der Waals surface area contributed by atoms with Gasteiger partial charge in [0.1, 0.15) is 0 Å². The number of aromatic nitrogens is 1. The summed E-state index contributed by atoms with van der Waals surface area (Å²) in [5.74, 6) is -0.330. The number of amides is 2. The second kappa shape index (κ2) is 7.51. The highest BCUT2D eigenvalue weighted by atomic mass is 35.5. The second-order valence-corrected chi connectivity index (χ2v) is 7.45. The average molecular weight is 384 g/mol. The maximum Gasteiger partial charge on any atom is 0.231 e. The molecular formula is C16H15Cl2N3O2S. The van der Waals surface area contributed by atoms with Crippen LogP contribution in [0.5, 0.6) is 0 Å². The molecule has 1 fully saturated rings. The van der Waals surface area contributed by atoms with E-state index in [9.17, 15) is 9.59 Å². The van der Waals surface area contributed by atoms with Gasteiger partial charge in [-0.25, -0.2) is 4.98 Å². The number of carbonyl (C=O) groups is 2. The van der Waals surface area contributed by atoms with Crippen molar-refractivity contribution in [3.8, 4) is 0 Å². The molecule has 1 aromatic carbocycles. The summed E-state index contributed by atoms with van der Waals surface area (Å²) in [7, 11) is 0. The zero-order chi connectivity index (χ0) is 17.1. The van der Waals surface area contributed by atoms with E-state index in [0.717, 1.165) is 10.4 Å². The van der Waals surface area contributed by atoms with Crippen molar-refractivity contribution in [2.24, 2.45) is 5.92 Å². The Bertz CT molecular complexity index is 768. The first-order valence-electron chi connectivity index (χ1n) is 7.48. The third-order valence-corrected chi connectivity index (χ3v) is 5.59. The highest BCUT2D eigenvalue weighted by Gasteiger charge is 2.25. The lowest BCUT2D eigenvalue weighted by Crippen LogP contribution is -2.40. The summed E-state index contributed by atoms with van der Waals surface area (Å²) in [6, 6.07) is 5.51. The van der Waals surface area contributed by atoms with Gasteiger partial charge in [-0.1, -0.05) is 35.3 Å². The van der Waals surface area contributed by atoms with E-state index in [1.165, 1.54) is 11.3 Å². The van der Waals surface area contributed by atoms with Crippen molar-refractivity contribution in [1.82, 2.24) is 10.3 Å². The van der Waals surface area contributed by atoms with Crippen LogP contribution < -0.4 is 10.6 Å². The number of carbonyl (C=O) groups excluding carboxylic acids is 2. The molecule has 2 amide bonds. The van der Waals surface area contributed by atoms with E-state index < -0.39 is 0 Å². The molecule has 24 heavy (non-hydrogen) atoms. The lowest BCUT2D eigenvalue weighted by Gasteiger charge is -2.20. The zero-order valence-corrected chi connectivity index (χ0v) is 15.0. The Morgan fingerprint density at radius 2 is 2.25 bits per heavy atom. The van der Waals surface area contributed by atoms with Gasteiger partial charge in [0, 0.05) is 30.5 Å². The van der Waals surface area contributed by atoms with Gasteiger partial charge in [-0.3, -0.25) is 9.59 Å². The summed E-state index contributed by atoms with van der Waals surface area (Å²) < 4.78 is 0. The normalized spacial score (nSPS) is 17.4. The molecule has 1 aliphatic rings. The standard InChI is InChI=1S/C16H15Cl2N3O2S/c17-12-3-1-2-9(14(12)18)6-11-8-20-16(24-11)21-15(23)10-4-5-13(22)19-7-10/h1-3,8,10H,4-7H2,(H,19,22)(H,20,21,23). The van der Waals surface area contributed by atoms with Gasteiger partial charge in [0.25, 0.3) is 0 Å². The molecule has 3 rings (SSSR count). The van der Waals surface area contributed by atoms with Gasteiger partial charge < -0.3 is 10.6 Å². The Labute approximate surface area is 153 Å². The Kier molecular flexibility index (Phi) is 5.38. The van der Waals surface area contributed by atoms with Crippen molar-refractivity contribution >= 4 is 51.5 Å². The van der Waals surface area contributed by atoms with Crippen LogP contribution in [0.3, 0.4) is 0 Å². The van der Waals surface area contributed by atoms with Crippen molar-refractivity contribution in [2.45, 2.75) is 19.3 Å². The minimum absolute atomic E-state index is 0.00557. The molecule has 1 saturated heterocycles. The molecule has 0 saturated carbocycles. The van der Waals surface area contributed by atoms with Crippen LogP contribution in [0.4, 0.5) is 5.13 Å². The first-order valence-corrected chi connectivity index (χ1v) is 9.05. The van der Waals surface area contributed by atoms with Crippen LogP contribution in [-0.4, -0.2) is 23.3 Å². The molecule has 2 heterocycles. The van der Waals surface area contributed by atoms with Crippen LogP contribution in [0.2, 0.25) is 10.0 Å². The van der Waals surface area contributed by atoms with Crippen molar-refractivity contribution in [3.63, 3.8) is 0 Å². The number of nitrogens with one attached hydrogen (secondary N) is 2. The molecule has 1 aromatic heterocycles. The minimum atomic E-state index is -0.211. The fourth-order valence-electron chi connectivity index (χ4n) is 2.48. The molecule has 8 heteroatoms. The fourth-order valence-corrected chi connectivity index (χ4v) is 3.71. The maximum atomic E-state index is 12.2. The second-order valence-electron chi connectivity index (χ2n) is 5.55. The predicted molar refractivity (Wildman–Crippen MR) is 95.7 cm³/mol. The number of halogens is 2. The van der Waals surface area contributed by atoms with Gasteiger partial charge in [0.15, 0.2) is 5.13 Å². The SMILES string of the molecule is O=C1CCC(C(=O)Nc2ncc(Cc3cccc(Cl)c3Cl)s2)CN1. The molecule has 126 valence electrons. The number of piperidine rings is 1. The van der Waals surface area contributed by atoms with Crippen LogP contribution in [0, 0.1) is 5.92 Å². The van der Waals surface area contributed by atoms with Gasteiger partial charge in [-0.2, -0.15) is 0 Å². The Morgan fingerprint density at radius 1 is 1.42 bits per heavy atom. The number of hydrogen-bond acceptors (Lipinski definition) is 4. The van der Waals surface area contributed by atoms with E-state index in [1.807, 2.05) is 12.1 Å². The van der Waals surface area contributed by atoms with E-state index >= 15 is 0 Å². The zero-order valence-electron chi connectivity index (χ0n) is 12.6. The van der Waals surface area contributed by atoms with Gasteiger partial charge in [-0.05, 0) is 18.1 Å². The van der Waals surface area contributed by atoms with Gasteiger partial charge in [0.05, 0.1) is 16.0 Å². The predicted octanol–water partition coefficient (Wildman–Crippen LogP) is 3.51. The van der Waals surface area contributed by atoms with Crippen molar-refractivity contribution in [2.75, 3.05) is 11.9 Å². The topological polar surface area (TPSA) is 71.1 Å². The Balaban J connectivity index is 1.62. The van der Waals surface area contributed by atoms with Gasteiger partial charge in [-0.15, -0.1) is 11.3 Å². The summed E-state index contributed by atoms with van der Waals surface area (Å²) >= 11 is 13.6. The quantitative estimate of drug-likeness (QED) is 0.848. The van der Waals surface area contributed by atoms with Crippen molar-refractivity contribution in [3.05, 3.63) is 44.9 Å². The van der Waals surface area contributed by atoms with Crippen molar-refractivity contribution < 1.29 is 9.59 Å². The summed E-state index contributed by atoms with van der Waals surface area (Å²) in [6.45, 7) is 0.376. The number of rotatable bonds is 4. The Hall–Kier alpha value is -1.63. The molecule has 0 radical (unpaired) electrons. The molecule has 5 nitrogen and oxygen atoms in total. The Morgan fingerprint density at radius 3 is 3.00 bits per heavy atom. The summed E-state index contributed by atoms with van der Waals surface area (Å²) in [4.78, 5) is 28.6. The first kappa shape index (κ1) is 17.2. The number of thiazole rings is 1. The first-order chi connectivity index (χ1) is 11.5. The van der Waals surface area contributed by atoms with Gasteiger partial charge in [0.2, 0.25) is 11.8 Å². The molecule has 2 N–H and O–H groups in total. The third-order valence-electron chi connectivity index (χ3n) is 3.82. The number of nitrogens with zero attached hydrogens (tertiary/aromatic N) is 1. The monoisotopic (exact) mass is 383 g/mol. The molecule has 0 bridgehead atoms. The summed E-state index contributed by atoms with van der Waals surface area (Å²) in [5.41, 5.74) is 0.917. The van der Waals surface area contributed by atoms with Crippen LogP contribution in [0.15, 0.2) is 24.4 Å². The molecule has 1 unspecified atom stereocenters. The van der Waals surface area contributed by atoms with Crippen LogP contribution in [0.25, 0.3) is 0 Å². The largest absolute Gasteiger partial charge is 0.355 e. The highest BCUT2D eigenvalue weighted by molar-refractivity contribution is 7.15. The summed E-state index contributed by atoms with van der Waals surface area (Å²) in [6.07, 6.45) is 3.27. The van der Waals surface area contributed by atoms with E-state index in [-0.39, 0.29) is 17.7 Å². The summed E-state index contributed by atoms with van der Waals surface area (Å²) in [5, 5.41) is 7.13. The third kappa shape index (κ3) is 4.06. The van der Waals surface area contributed by atoms with E-state index in [2.05, 4.69) is 15.6 Å². The lowest BCUT2D eigenvalue weighted by atomic mass is 9.98. The molecule has 1 atom stereocenters. The fraction of sp³-hybridized carbons (Fsp3) is 0.312. The molecule has 0 spiro atoms. The highest BCUT2D eigenvalue weighted by Crippen LogP contribution is 2.29. The lowest BCUT2D eigenvalue weighted by molar-refractivity contribution is -0.126. The smallest absolute Gasteiger partial charge is 0.231 e. The van der Waals surface area contributed by atoms with Crippen LogP contribution >= 0.6 is 34.5 Å². The maximum absolute atomic E-state index is 12.2. The average Bonchev–Trinajstić information content (AvgIpc) is 2.99. The van der Waals surface area contributed by atoms with Gasteiger partial charge >= 0.3 is 0 Å². The molecule has 1 aliphatic heterocycles. The van der Waals surface area contributed by atoms with E-state index in [1.54, 1.807) is 12.3 Å². The minimum Gasteiger partial charge on any atom is -0.355 e. The van der Waals surface area contributed by atoms with E-state index in [4.69, 9.17) is 23.2 Å². The number of benzene rings is 1. The molecule has 0 aliphatic carbocycles. The van der Waals surface area contributed by atoms with Crippen molar-refractivity contribution in [1.29, 1.82) is 0 Å². The number of anilines is 1. The molecular weight excluding hydrogens is 369 g/mol. The van der Waals surface area contributed by atoms with Crippen LogP contribution in [0.1, 0.15) is 23.3 Å². The molecule has 2 aromatic rings.